The van der Waals surface area contributed by atoms with Crippen LogP contribution >= 0.6 is 0 Å². The van der Waals surface area contributed by atoms with E-state index in [-0.39, 0.29) is 31.4 Å². The van der Waals surface area contributed by atoms with Gasteiger partial charge in [-0.05, 0) is 29.8 Å². The molecule has 29 heavy (non-hydrogen) atoms. The maximum atomic E-state index is 12.9. The van der Waals surface area contributed by atoms with E-state index in [9.17, 15) is 19.2 Å². The van der Waals surface area contributed by atoms with Gasteiger partial charge in [-0.25, -0.2) is 4.79 Å². The summed E-state index contributed by atoms with van der Waals surface area (Å²) in [4.78, 5) is 51.3. The minimum absolute atomic E-state index is 0.197. The van der Waals surface area contributed by atoms with Crippen LogP contribution in [0.15, 0.2) is 68.9 Å². The van der Waals surface area contributed by atoms with Crippen molar-refractivity contribution >= 4 is 11.8 Å². The normalized spacial score (nSPS) is 10.5. The zero-order chi connectivity index (χ0) is 20.8. The number of nitrogens with zero attached hydrogens (tertiary/aromatic N) is 2. The van der Waals surface area contributed by atoms with Crippen LogP contribution in [0.2, 0.25) is 0 Å². The number of furan rings is 1. The van der Waals surface area contributed by atoms with Crippen molar-refractivity contribution in [2.75, 3.05) is 7.05 Å². The number of carbonyl (C=O) groups is 2. The van der Waals surface area contributed by atoms with Crippen LogP contribution in [-0.2, 0) is 24.4 Å². The molecule has 2 N–H and O–H groups in total. The van der Waals surface area contributed by atoms with Gasteiger partial charge < -0.3 is 14.6 Å². The second kappa shape index (κ2) is 8.87. The summed E-state index contributed by atoms with van der Waals surface area (Å²) in [5.74, 6) is 0.0672. The molecule has 0 fully saturated rings. The molecule has 9 nitrogen and oxygen atoms in total. The number of H-pyrrole nitrogens is 1. The zero-order valence-corrected chi connectivity index (χ0v) is 15.8. The minimum Gasteiger partial charge on any atom is -0.467 e. The smallest absolute Gasteiger partial charge is 0.328 e. The monoisotopic (exact) mass is 396 g/mol. The molecule has 0 atom stereocenters. The van der Waals surface area contributed by atoms with E-state index < -0.39 is 11.2 Å². The van der Waals surface area contributed by atoms with Gasteiger partial charge in [-0.2, -0.15) is 0 Å². The van der Waals surface area contributed by atoms with Crippen LogP contribution in [0.5, 0.6) is 0 Å². The Morgan fingerprint density at radius 1 is 1.10 bits per heavy atom. The molecule has 3 aromatic rings. The fourth-order valence-electron chi connectivity index (χ4n) is 2.76. The molecule has 0 radical (unpaired) electrons. The Kier molecular flexibility index (Phi) is 6.08. The lowest BCUT2D eigenvalue weighted by Gasteiger charge is -2.22. The average molecular weight is 396 g/mol. The van der Waals surface area contributed by atoms with Crippen LogP contribution < -0.4 is 16.6 Å². The molecule has 0 unspecified atom stereocenters. The molecule has 0 saturated carbocycles. The third-order valence-electron chi connectivity index (χ3n) is 4.30. The Hall–Kier alpha value is -3.88. The Morgan fingerprint density at radius 3 is 2.48 bits per heavy atom. The number of rotatable bonds is 7. The SMILES string of the molecule is CNC(=O)c1ccc(CN(Cc2ccco2)C(=O)Cn2ccc(=O)[nH]c2=O)cc1. The van der Waals surface area contributed by atoms with Crippen LogP contribution in [-0.4, -0.2) is 33.3 Å². The van der Waals surface area contributed by atoms with Crippen LogP contribution in [0.3, 0.4) is 0 Å². The number of benzene rings is 1. The molecule has 0 aliphatic carbocycles. The summed E-state index contributed by atoms with van der Waals surface area (Å²) in [6.07, 6.45) is 2.80. The van der Waals surface area contributed by atoms with Gasteiger partial charge >= 0.3 is 5.69 Å². The number of nitrogens with one attached hydrogen (secondary N) is 2. The standard InChI is InChI=1S/C20H20N4O5/c1-21-19(27)15-6-4-14(5-7-15)11-24(12-16-3-2-10-29-16)18(26)13-23-9-8-17(25)22-20(23)28/h2-10H,11-13H2,1H3,(H,21,27)(H,22,25,28). The van der Waals surface area contributed by atoms with Gasteiger partial charge in [-0.15, -0.1) is 0 Å². The molecule has 9 heteroatoms. The second-order valence-corrected chi connectivity index (χ2v) is 6.34. The predicted octanol–water partition coefficient (Wildman–Crippen LogP) is 0.718. The van der Waals surface area contributed by atoms with Crippen molar-refractivity contribution in [3.05, 3.63) is 92.6 Å². The Labute approximate surface area is 165 Å². The lowest BCUT2D eigenvalue weighted by atomic mass is 10.1. The molecule has 0 saturated heterocycles. The first-order chi connectivity index (χ1) is 14.0. The van der Waals surface area contributed by atoms with Gasteiger partial charge in [-0.1, -0.05) is 12.1 Å². The van der Waals surface area contributed by atoms with Crippen LogP contribution in [0, 0.1) is 0 Å². The quantitative estimate of drug-likeness (QED) is 0.610. The maximum absolute atomic E-state index is 12.9. The fraction of sp³-hybridized carbons (Fsp3) is 0.200. The number of amides is 2. The number of aromatic nitrogens is 2. The van der Waals surface area contributed by atoms with Crippen molar-refractivity contribution in [1.29, 1.82) is 0 Å². The van der Waals surface area contributed by atoms with Gasteiger partial charge in [0, 0.05) is 31.4 Å². The first-order valence-electron chi connectivity index (χ1n) is 8.87. The molecule has 0 bridgehead atoms. The van der Waals surface area contributed by atoms with E-state index in [1.54, 1.807) is 43.4 Å². The van der Waals surface area contributed by atoms with Gasteiger partial charge in [0.25, 0.3) is 11.5 Å². The van der Waals surface area contributed by atoms with E-state index >= 15 is 0 Å². The number of hydrogen-bond donors (Lipinski definition) is 2. The highest BCUT2D eigenvalue weighted by molar-refractivity contribution is 5.93. The van der Waals surface area contributed by atoms with Crippen molar-refractivity contribution in [2.24, 2.45) is 0 Å². The molecule has 0 aliphatic heterocycles. The number of hydrogen-bond acceptors (Lipinski definition) is 5. The molecule has 0 spiro atoms. The Morgan fingerprint density at radius 2 is 1.86 bits per heavy atom. The third kappa shape index (κ3) is 5.10. The van der Waals surface area contributed by atoms with E-state index in [1.807, 2.05) is 0 Å². The van der Waals surface area contributed by atoms with Crippen molar-refractivity contribution < 1.29 is 14.0 Å². The molecule has 3 rings (SSSR count). The van der Waals surface area contributed by atoms with E-state index in [0.717, 1.165) is 10.1 Å². The van der Waals surface area contributed by atoms with Crippen molar-refractivity contribution in [3.63, 3.8) is 0 Å². The van der Waals surface area contributed by atoms with Crippen molar-refractivity contribution in [2.45, 2.75) is 19.6 Å². The van der Waals surface area contributed by atoms with E-state index in [0.29, 0.717) is 11.3 Å². The van der Waals surface area contributed by atoms with E-state index in [2.05, 4.69) is 10.3 Å². The van der Waals surface area contributed by atoms with E-state index in [1.165, 1.54) is 23.4 Å². The van der Waals surface area contributed by atoms with Gasteiger partial charge in [0.2, 0.25) is 5.91 Å². The van der Waals surface area contributed by atoms with Crippen LogP contribution in [0.1, 0.15) is 21.7 Å². The van der Waals surface area contributed by atoms with Crippen LogP contribution in [0.4, 0.5) is 0 Å². The van der Waals surface area contributed by atoms with Crippen LogP contribution in [0.25, 0.3) is 0 Å². The average Bonchev–Trinajstić information content (AvgIpc) is 3.22. The molecule has 150 valence electrons. The summed E-state index contributed by atoms with van der Waals surface area (Å²) < 4.78 is 6.48. The first-order valence-corrected chi connectivity index (χ1v) is 8.87. The van der Waals surface area contributed by atoms with Gasteiger partial charge in [0.15, 0.2) is 0 Å². The molecule has 0 aliphatic rings. The van der Waals surface area contributed by atoms with Gasteiger partial charge in [0.1, 0.15) is 12.3 Å². The highest BCUT2D eigenvalue weighted by Crippen LogP contribution is 2.13. The largest absolute Gasteiger partial charge is 0.467 e. The molecular formula is C20H20N4O5. The van der Waals surface area contributed by atoms with E-state index in [4.69, 9.17) is 4.42 Å². The summed E-state index contributed by atoms with van der Waals surface area (Å²) in [5, 5.41) is 2.55. The Balaban J connectivity index is 1.80. The summed E-state index contributed by atoms with van der Waals surface area (Å²) in [5.41, 5.74) is 0.146. The summed E-state index contributed by atoms with van der Waals surface area (Å²) in [6.45, 7) is 0.236. The maximum Gasteiger partial charge on any atom is 0.328 e. The molecule has 1 aromatic carbocycles. The molecule has 2 heterocycles. The topological polar surface area (TPSA) is 117 Å². The highest BCUT2D eigenvalue weighted by atomic mass is 16.3. The third-order valence-corrected chi connectivity index (χ3v) is 4.30. The lowest BCUT2D eigenvalue weighted by Crippen LogP contribution is -2.37. The summed E-state index contributed by atoms with van der Waals surface area (Å²) in [6, 6.07) is 11.5. The Bertz CT molecular complexity index is 1100. The molecule has 2 aromatic heterocycles. The minimum atomic E-state index is -0.654. The van der Waals surface area contributed by atoms with Gasteiger partial charge in [-0.3, -0.25) is 23.9 Å². The fourth-order valence-corrected chi connectivity index (χ4v) is 2.76. The first kappa shape index (κ1) is 19.9. The number of carbonyl (C=O) groups excluding carboxylic acids is 2. The highest BCUT2D eigenvalue weighted by Gasteiger charge is 2.17. The lowest BCUT2D eigenvalue weighted by molar-refractivity contribution is -0.133. The summed E-state index contributed by atoms with van der Waals surface area (Å²) >= 11 is 0. The van der Waals surface area contributed by atoms with Crippen molar-refractivity contribution in [3.8, 4) is 0 Å². The van der Waals surface area contributed by atoms with Crippen molar-refractivity contribution in [1.82, 2.24) is 19.8 Å². The number of aromatic amines is 1. The second-order valence-electron chi connectivity index (χ2n) is 6.34. The summed E-state index contributed by atoms with van der Waals surface area (Å²) in [7, 11) is 1.55. The van der Waals surface area contributed by atoms with Gasteiger partial charge in [0.05, 0.1) is 12.8 Å². The molecular weight excluding hydrogens is 376 g/mol. The molecule has 2 amide bonds. The predicted molar refractivity (Wildman–Crippen MR) is 104 cm³/mol. The zero-order valence-electron chi connectivity index (χ0n) is 15.8.